The van der Waals surface area contributed by atoms with E-state index in [9.17, 15) is 9.59 Å². The number of carbonyl (C=O) groups is 2. The highest BCUT2D eigenvalue weighted by Gasteiger charge is 2.32. The monoisotopic (exact) mass is 444 g/mol. The molecule has 2 unspecified atom stereocenters. The third kappa shape index (κ3) is 5.66. The number of hydrogen-bond donors (Lipinski definition) is 2. The van der Waals surface area contributed by atoms with Crippen molar-refractivity contribution in [3.8, 4) is 0 Å². The SMILES string of the molecule is O=C(NCCCNC(=O)C1CCCOC1c1ccccc1)c1ccc(Br)cc1. The summed E-state index contributed by atoms with van der Waals surface area (Å²) in [6.07, 6.45) is 2.21. The van der Waals surface area contributed by atoms with Crippen LogP contribution in [0, 0.1) is 5.92 Å². The van der Waals surface area contributed by atoms with Crippen molar-refractivity contribution in [1.29, 1.82) is 0 Å². The Hall–Kier alpha value is -2.18. The highest BCUT2D eigenvalue weighted by atomic mass is 79.9. The van der Waals surface area contributed by atoms with Gasteiger partial charge in [-0.2, -0.15) is 0 Å². The van der Waals surface area contributed by atoms with Crippen LogP contribution in [0.4, 0.5) is 0 Å². The molecule has 2 aromatic rings. The Morgan fingerprint density at radius 2 is 1.71 bits per heavy atom. The summed E-state index contributed by atoms with van der Waals surface area (Å²) in [4.78, 5) is 24.7. The number of rotatable bonds is 7. The standard InChI is InChI=1S/C22H25BrN2O3/c23-18-11-9-17(10-12-18)21(26)24-13-5-14-25-22(27)19-8-4-15-28-20(19)16-6-2-1-3-7-16/h1-3,6-7,9-12,19-20H,4-5,8,13-15H2,(H,24,26)(H,25,27). The molecular weight excluding hydrogens is 420 g/mol. The Balaban J connectivity index is 1.42. The first-order chi connectivity index (χ1) is 13.6. The normalized spacial score (nSPS) is 19.0. The van der Waals surface area contributed by atoms with Crippen molar-refractivity contribution in [2.24, 2.45) is 5.92 Å². The van der Waals surface area contributed by atoms with Crippen molar-refractivity contribution >= 4 is 27.7 Å². The molecule has 1 heterocycles. The van der Waals surface area contributed by atoms with Crippen LogP contribution in [-0.4, -0.2) is 31.5 Å². The summed E-state index contributed by atoms with van der Waals surface area (Å²) in [7, 11) is 0. The minimum Gasteiger partial charge on any atom is -0.373 e. The molecule has 1 saturated heterocycles. The van der Waals surface area contributed by atoms with Crippen LogP contribution in [0.15, 0.2) is 59.1 Å². The van der Waals surface area contributed by atoms with Crippen LogP contribution >= 0.6 is 15.9 Å². The van der Waals surface area contributed by atoms with Gasteiger partial charge in [0.05, 0.1) is 12.0 Å². The minimum absolute atomic E-state index is 0.0211. The largest absolute Gasteiger partial charge is 0.373 e. The van der Waals surface area contributed by atoms with Crippen molar-refractivity contribution < 1.29 is 14.3 Å². The van der Waals surface area contributed by atoms with Gasteiger partial charge in [0, 0.05) is 29.7 Å². The van der Waals surface area contributed by atoms with E-state index >= 15 is 0 Å². The van der Waals surface area contributed by atoms with Crippen LogP contribution in [0.2, 0.25) is 0 Å². The fraction of sp³-hybridized carbons (Fsp3) is 0.364. The lowest BCUT2D eigenvalue weighted by Crippen LogP contribution is -2.38. The van der Waals surface area contributed by atoms with Gasteiger partial charge in [0.1, 0.15) is 0 Å². The topological polar surface area (TPSA) is 67.4 Å². The zero-order valence-corrected chi connectivity index (χ0v) is 17.3. The molecule has 2 N–H and O–H groups in total. The summed E-state index contributed by atoms with van der Waals surface area (Å²) in [6.45, 7) is 1.72. The third-order valence-electron chi connectivity index (χ3n) is 4.83. The van der Waals surface area contributed by atoms with Crippen LogP contribution in [-0.2, 0) is 9.53 Å². The van der Waals surface area contributed by atoms with Gasteiger partial charge in [-0.1, -0.05) is 46.3 Å². The number of hydrogen-bond acceptors (Lipinski definition) is 3. The molecular formula is C22H25BrN2O3. The van der Waals surface area contributed by atoms with Gasteiger partial charge in [0.2, 0.25) is 5.91 Å². The van der Waals surface area contributed by atoms with Crippen LogP contribution in [0.25, 0.3) is 0 Å². The second-order valence-corrected chi connectivity index (χ2v) is 7.77. The minimum atomic E-state index is -0.188. The van der Waals surface area contributed by atoms with Crippen molar-refractivity contribution in [2.45, 2.75) is 25.4 Å². The second kappa shape index (κ2) is 10.4. The number of amides is 2. The van der Waals surface area contributed by atoms with E-state index in [1.807, 2.05) is 42.5 Å². The second-order valence-electron chi connectivity index (χ2n) is 6.86. The predicted octanol–water partition coefficient (Wildman–Crippen LogP) is 3.85. The van der Waals surface area contributed by atoms with Crippen molar-refractivity contribution in [3.63, 3.8) is 0 Å². The summed E-state index contributed by atoms with van der Waals surface area (Å²) in [5.74, 6) is -0.259. The molecule has 1 aliphatic heterocycles. The molecule has 3 rings (SSSR count). The van der Waals surface area contributed by atoms with Gasteiger partial charge in [-0.3, -0.25) is 9.59 Å². The van der Waals surface area contributed by atoms with E-state index in [1.165, 1.54) is 0 Å². The molecule has 1 fully saturated rings. The number of carbonyl (C=O) groups excluding carboxylic acids is 2. The van der Waals surface area contributed by atoms with E-state index in [-0.39, 0.29) is 23.8 Å². The summed E-state index contributed by atoms with van der Waals surface area (Å²) < 4.78 is 6.83. The van der Waals surface area contributed by atoms with Crippen LogP contribution in [0.3, 0.4) is 0 Å². The number of halogens is 1. The lowest BCUT2D eigenvalue weighted by molar-refractivity contribution is -0.134. The molecule has 2 amide bonds. The maximum atomic E-state index is 12.6. The Morgan fingerprint density at radius 3 is 2.46 bits per heavy atom. The molecule has 0 radical (unpaired) electrons. The Bertz CT molecular complexity index is 780. The average molecular weight is 445 g/mol. The number of ether oxygens (including phenoxy) is 1. The van der Waals surface area contributed by atoms with Gasteiger partial charge in [-0.05, 0) is 49.1 Å². The quantitative estimate of drug-likeness (QED) is 0.637. The van der Waals surface area contributed by atoms with Crippen molar-refractivity contribution in [2.75, 3.05) is 19.7 Å². The van der Waals surface area contributed by atoms with Crippen LogP contribution in [0.1, 0.15) is 41.3 Å². The molecule has 5 nitrogen and oxygen atoms in total. The molecule has 0 aromatic heterocycles. The van der Waals surface area contributed by atoms with Gasteiger partial charge in [0.15, 0.2) is 0 Å². The zero-order valence-electron chi connectivity index (χ0n) is 15.7. The summed E-state index contributed by atoms with van der Waals surface area (Å²) in [5, 5.41) is 5.87. The molecule has 0 saturated carbocycles. The first-order valence-corrected chi connectivity index (χ1v) is 10.4. The first-order valence-electron chi connectivity index (χ1n) is 9.63. The van der Waals surface area contributed by atoms with E-state index in [1.54, 1.807) is 12.1 Å². The molecule has 1 aliphatic rings. The molecule has 0 aliphatic carbocycles. The van der Waals surface area contributed by atoms with Crippen molar-refractivity contribution in [1.82, 2.24) is 10.6 Å². The fourth-order valence-corrected chi connectivity index (χ4v) is 3.62. The van der Waals surface area contributed by atoms with E-state index in [2.05, 4.69) is 26.6 Å². The third-order valence-corrected chi connectivity index (χ3v) is 5.36. The molecule has 148 valence electrons. The number of benzene rings is 2. The van der Waals surface area contributed by atoms with Gasteiger partial charge in [0.25, 0.3) is 5.91 Å². The lowest BCUT2D eigenvalue weighted by atomic mass is 9.89. The maximum absolute atomic E-state index is 12.6. The fourth-order valence-electron chi connectivity index (χ4n) is 3.36. The van der Waals surface area contributed by atoms with Crippen LogP contribution in [0.5, 0.6) is 0 Å². The molecule has 28 heavy (non-hydrogen) atoms. The number of nitrogens with one attached hydrogen (secondary N) is 2. The molecule has 2 aromatic carbocycles. The Kier molecular flexibility index (Phi) is 7.62. The highest BCUT2D eigenvalue weighted by Crippen LogP contribution is 2.33. The molecule has 0 spiro atoms. The molecule has 2 atom stereocenters. The van der Waals surface area contributed by atoms with E-state index in [0.29, 0.717) is 31.7 Å². The zero-order chi connectivity index (χ0) is 19.8. The van der Waals surface area contributed by atoms with Gasteiger partial charge >= 0.3 is 0 Å². The highest BCUT2D eigenvalue weighted by molar-refractivity contribution is 9.10. The molecule has 6 heteroatoms. The molecule has 0 bridgehead atoms. The van der Waals surface area contributed by atoms with Crippen LogP contribution < -0.4 is 10.6 Å². The van der Waals surface area contributed by atoms with Gasteiger partial charge in [-0.15, -0.1) is 0 Å². The first kappa shape index (κ1) is 20.6. The average Bonchev–Trinajstić information content (AvgIpc) is 2.74. The Morgan fingerprint density at radius 1 is 1.00 bits per heavy atom. The smallest absolute Gasteiger partial charge is 0.251 e. The maximum Gasteiger partial charge on any atom is 0.251 e. The van der Waals surface area contributed by atoms with Crippen molar-refractivity contribution in [3.05, 3.63) is 70.2 Å². The summed E-state index contributed by atoms with van der Waals surface area (Å²) >= 11 is 3.35. The van der Waals surface area contributed by atoms with E-state index in [0.717, 1.165) is 22.9 Å². The van der Waals surface area contributed by atoms with Gasteiger partial charge in [-0.25, -0.2) is 0 Å². The predicted molar refractivity (Wildman–Crippen MR) is 112 cm³/mol. The van der Waals surface area contributed by atoms with Gasteiger partial charge < -0.3 is 15.4 Å². The van der Waals surface area contributed by atoms with E-state index < -0.39 is 0 Å². The lowest BCUT2D eigenvalue weighted by Gasteiger charge is -2.31. The van der Waals surface area contributed by atoms with E-state index in [4.69, 9.17) is 4.74 Å². The Labute approximate surface area is 174 Å². The summed E-state index contributed by atoms with van der Waals surface area (Å²) in [6, 6.07) is 17.1. The summed E-state index contributed by atoms with van der Waals surface area (Å²) in [5.41, 5.74) is 1.67.